The second-order valence-corrected chi connectivity index (χ2v) is 15.4. The Kier molecular flexibility index (Phi) is 8.50. The maximum atomic E-state index is 5.39. The molecule has 8 rings (SSSR count). The van der Waals surface area contributed by atoms with Crippen LogP contribution in [0.2, 0.25) is 0 Å². The van der Waals surface area contributed by atoms with Crippen molar-refractivity contribution in [3.05, 3.63) is 88.0 Å². The van der Waals surface area contributed by atoms with Gasteiger partial charge in [-0.15, -0.1) is 0 Å². The Balaban J connectivity index is 0.000000292. The fourth-order valence-corrected chi connectivity index (χ4v) is 7.57. The summed E-state index contributed by atoms with van der Waals surface area (Å²) < 4.78 is 0. The minimum Gasteiger partial charge on any atom is -0.573 e. The molecule has 3 aliphatic rings. The number of hydrogen-bond acceptors (Lipinski definition) is 4. The summed E-state index contributed by atoms with van der Waals surface area (Å²) in [7, 11) is 0. The van der Waals surface area contributed by atoms with E-state index in [1.807, 2.05) is 12.4 Å². The van der Waals surface area contributed by atoms with Gasteiger partial charge < -0.3 is 20.4 Å². The molecule has 0 aliphatic heterocycles. The van der Waals surface area contributed by atoms with Crippen molar-refractivity contribution in [1.29, 1.82) is 0 Å². The summed E-state index contributed by atoms with van der Waals surface area (Å²) in [5, 5.41) is 21.5. The van der Waals surface area contributed by atoms with Crippen molar-refractivity contribution in [3.63, 3.8) is 0 Å². The average Bonchev–Trinajstić information content (AvgIpc) is 3.65. The Hall–Kier alpha value is -3.37. The van der Waals surface area contributed by atoms with Crippen LogP contribution in [-0.4, -0.2) is 20.2 Å². The minimum absolute atomic E-state index is 0. The summed E-state index contributed by atoms with van der Waals surface area (Å²) in [6, 6.07) is 10.7. The Labute approximate surface area is 287 Å². The van der Waals surface area contributed by atoms with Gasteiger partial charge in [-0.05, 0) is 90.1 Å². The molecular weight excluding hydrogens is 748 g/mol. The van der Waals surface area contributed by atoms with Gasteiger partial charge >= 0.3 is 21.1 Å². The van der Waals surface area contributed by atoms with Crippen molar-refractivity contribution in [1.82, 2.24) is 30.4 Å². The molecule has 0 bridgehead atoms. The van der Waals surface area contributed by atoms with Crippen LogP contribution in [0.15, 0.2) is 48.8 Å². The van der Waals surface area contributed by atoms with Crippen LogP contribution in [0.25, 0.3) is 39.6 Å². The van der Waals surface area contributed by atoms with Crippen LogP contribution < -0.4 is 10.2 Å². The molecule has 0 radical (unpaired) electrons. The Bertz CT molecular complexity index is 1920. The maximum absolute atomic E-state index is 5.39. The Morgan fingerprint density at radius 1 is 0.761 bits per heavy atom. The summed E-state index contributed by atoms with van der Waals surface area (Å²) in [6.07, 6.45) is 15.7. The van der Waals surface area contributed by atoms with Crippen molar-refractivity contribution in [2.75, 3.05) is 0 Å². The summed E-state index contributed by atoms with van der Waals surface area (Å²) >= 11 is 0. The average molecular weight is 792 g/mol. The van der Waals surface area contributed by atoms with E-state index >= 15 is 0 Å². The zero-order valence-electron chi connectivity index (χ0n) is 28.1. The molecule has 240 valence electrons. The quantitative estimate of drug-likeness (QED) is 0.179. The molecule has 4 aromatic heterocycles. The van der Waals surface area contributed by atoms with E-state index in [9.17, 15) is 0 Å². The first-order valence-electron chi connectivity index (χ1n) is 16.5. The molecule has 0 saturated carbocycles. The third-order valence-electron chi connectivity index (χ3n) is 10.2. The fourth-order valence-electron chi connectivity index (χ4n) is 7.57. The van der Waals surface area contributed by atoms with Gasteiger partial charge in [-0.2, -0.15) is 0 Å². The van der Waals surface area contributed by atoms with Gasteiger partial charge in [0.2, 0.25) is 0 Å². The Morgan fingerprint density at radius 3 is 1.91 bits per heavy atom. The van der Waals surface area contributed by atoms with E-state index in [1.165, 1.54) is 38.6 Å². The van der Waals surface area contributed by atoms with Crippen LogP contribution in [0.1, 0.15) is 113 Å². The van der Waals surface area contributed by atoms with Crippen LogP contribution in [-0.2, 0) is 56.6 Å². The number of aromatic nitrogens is 6. The summed E-state index contributed by atoms with van der Waals surface area (Å²) in [6.45, 7) is 15.8. The number of hydrogen-bond donors (Lipinski definition) is 0. The van der Waals surface area contributed by atoms with E-state index < -0.39 is 0 Å². The molecule has 0 amide bonds. The van der Waals surface area contributed by atoms with E-state index in [1.54, 1.807) is 0 Å². The number of benzene rings is 1. The summed E-state index contributed by atoms with van der Waals surface area (Å²) in [5.74, 6) is 0. The predicted molar refractivity (Wildman–Crippen MR) is 182 cm³/mol. The van der Waals surface area contributed by atoms with Gasteiger partial charge in [0.05, 0.1) is 11.4 Å². The van der Waals surface area contributed by atoms with E-state index in [2.05, 4.69) is 95.9 Å². The van der Waals surface area contributed by atoms with Crippen LogP contribution in [0.5, 0.6) is 0 Å². The first-order valence-corrected chi connectivity index (χ1v) is 16.5. The second-order valence-electron chi connectivity index (χ2n) is 15.4. The largest absolute Gasteiger partial charge is 2.00 e. The zero-order valence-corrected chi connectivity index (χ0v) is 30.4. The van der Waals surface area contributed by atoms with Gasteiger partial charge in [0, 0.05) is 45.6 Å². The van der Waals surface area contributed by atoms with Crippen LogP contribution in [0, 0.1) is 0 Å². The molecule has 6 nitrogen and oxygen atoms in total. The van der Waals surface area contributed by atoms with Crippen LogP contribution >= 0.6 is 0 Å². The van der Waals surface area contributed by atoms with Crippen LogP contribution in [0.4, 0.5) is 0 Å². The van der Waals surface area contributed by atoms with Crippen molar-refractivity contribution in [3.8, 4) is 22.8 Å². The SMILES string of the molecule is CC(C)(C)c1ccncc1.CC1(C)CCCc2c1n[n-]c2-c1nc(-c2[n-]nc3c2CCCC3(C)C)c2cccc3c2c1C=CC3.[Pt+2]. The molecule has 0 N–H and O–H groups in total. The molecule has 0 saturated heterocycles. The maximum Gasteiger partial charge on any atom is 2.00 e. The number of allylic oxidation sites excluding steroid dienone is 1. The molecule has 1 aromatic carbocycles. The molecular formula is C39H44N6Pt. The van der Waals surface area contributed by atoms with E-state index in [4.69, 9.17) is 25.4 Å². The third kappa shape index (κ3) is 5.61. The number of rotatable bonds is 2. The molecule has 4 heterocycles. The number of nitrogens with zero attached hydrogens (tertiary/aromatic N) is 6. The fraction of sp³-hybridized carbons (Fsp3) is 0.436. The van der Waals surface area contributed by atoms with Crippen molar-refractivity contribution < 1.29 is 21.1 Å². The molecule has 0 spiro atoms. The summed E-state index contributed by atoms with van der Waals surface area (Å²) in [5.41, 5.74) is 12.9. The number of pyridine rings is 2. The second kappa shape index (κ2) is 12.0. The normalized spacial score (nSPS) is 17.4. The third-order valence-corrected chi connectivity index (χ3v) is 10.2. The van der Waals surface area contributed by atoms with E-state index in [-0.39, 0.29) is 37.3 Å². The van der Waals surface area contributed by atoms with Crippen molar-refractivity contribution in [2.24, 2.45) is 0 Å². The minimum atomic E-state index is 0. The number of fused-ring (bicyclic) bond motifs is 2. The molecule has 7 heteroatoms. The van der Waals surface area contributed by atoms with E-state index in [0.717, 1.165) is 79.1 Å². The first-order chi connectivity index (χ1) is 21.5. The summed E-state index contributed by atoms with van der Waals surface area (Å²) in [4.78, 5) is 9.35. The first kappa shape index (κ1) is 32.6. The smallest absolute Gasteiger partial charge is 0.573 e. The van der Waals surface area contributed by atoms with Gasteiger partial charge in [-0.3, -0.25) is 9.97 Å². The van der Waals surface area contributed by atoms with Gasteiger partial charge in [0.15, 0.2) is 0 Å². The zero-order chi connectivity index (χ0) is 31.6. The molecule has 46 heavy (non-hydrogen) atoms. The molecule has 0 atom stereocenters. The molecule has 0 fully saturated rings. The molecule has 5 aromatic rings. The molecule has 0 unspecified atom stereocenters. The van der Waals surface area contributed by atoms with Crippen LogP contribution in [0.3, 0.4) is 0 Å². The van der Waals surface area contributed by atoms with Crippen molar-refractivity contribution in [2.45, 2.75) is 110 Å². The van der Waals surface area contributed by atoms with Gasteiger partial charge in [-0.25, -0.2) is 0 Å². The van der Waals surface area contributed by atoms with Gasteiger partial charge in [-0.1, -0.05) is 90.2 Å². The predicted octanol–water partition coefficient (Wildman–Crippen LogP) is 8.45. The van der Waals surface area contributed by atoms with E-state index in [0.29, 0.717) is 0 Å². The topological polar surface area (TPSA) is 79.8 Å². The monoisotopic (exact) mass is 791 g/mol. The van der Waals surface area contributed by atoms with Gasteiger partial charge in [0.25, 0.3) is 0 Å². The Morgan fingerprint density at radius 2 is 1.35 bits per heavy atom. The molecule has 3 aliphatic carbocycles. The standard InChI is InChI=1S/C30H31N5.C9H13N.Pt/c1-29(2)15-7-13-20-25(32-34-27(20)29)23-18-11-5-9-17-10-6-12-19(22(17)18)24(31-23)26-21-14-8-16-30(3,4)28(21)35-33-26;1-9(2,3)8-4-6-10-7-5-8;/h5-6,9,11-12H,7-8,10,13-16H2,1-4H3;4-7H,1-3H3;/q-2;;+2. The van der Waals surface area contributed by atoms with Gasteiger partial charge in [0.1, 0.15) is 0 Å². The van der Waals surface area contributed by atoms with Crippen molar-refractivity contribution >= 4 is 16.8 Å².